The van der Waals surface area contributed by atoms with E-state index in [4.69, 9.17) is 0 Å². The smallest absolute Gasteiger partial charge is 0.0317 e. The van der Waals surface area contributed by atoms with Gasteiger partial charge in [-0.3, -0.25) is 0 Å². The third kappa shape index (κ3) is 3.94. The van der Waals surface area contributed by atoms with Crippen LogP contribution in [0.15, 0.2) is 48.5 Å². The summed E-state index contributed by atoms with van der Waals surface area (Å²) in [4.78, 5) is 0. The molecular formula is C19H25N. The lowest BCUT2D eigenvalue weighted by Gasteiger charge is -2.17. The first-order valence-corrected chi connectivity index (χ1v) is 7.49. The Hall–Kier alpha value is -1.60. The highest BCUT2D eigenvalue weighted by Gasteiger charge is 2.08. The van der Waals surface area contributed by atoms with Gasteiger partial charge in [-0.25, -0.2) is 0 Å². The van der Waals surface area contributed by atoms with E-state index in [9.17, 15) is 0 Å². The molecule has 0 spiro atoms. The number of rotatable bonds is 6. The highest BCUT2D eigenvalue weighted by atomic mass is 14.9. The van der Waals surface area contributed by atoms with Crippen molar-refractivity contribution in [3.63, 3.8) is 0 Å². The molecule has 1 nitrogen and oxygen atoms in total. The first-order valence-electron chi connectivity index (χ1n) is 7.49. The van der Waals surface area contributed by atoms with Crippen molar-refractivity contribution in [2.24, 2.45) is 0 Å². The molecule has 0 aliphatic rings. The molecule has 0 aliphatic heterocycles. The summed E-state index contributed by atoms with van der Waals surface area (Å²) in [5.74, 6) is 0. The standard InChI is InChI=1S/C19H25N/c1-15-12-13-16(2)18(14-15)10-7-11-19(20-3)17-8-5-4-6-9-17/h4-6,8-9,12-14,19-20H,7,10-11H2,1-3H3. The van der Waals surface area contributed by atoms with Crippen LogP contribution in [0, 0.1) is 13.8 Å². The van der Waals surface area contributed by atoms with Crippen LogP contribution in [0.25, 0.3) is 0 Å². The van der Waals surface area contributed by atoms with Gasteiger partial charge in [-0.05, 0) is 56.8 Å². The van der Waals surface area contributed by atoms with Crippen molar-refractivity contribution in [3.8, 4) is 0 Å². The van der Waals surface area contributed by atoms with Gasteiger partial charge < -0.3 is 5.32 Å². The third-order valence-corrected chi connectivity index (χ3v) is 3.99. The Bertz CT molecular complexity index is 531. The number of hydrogen-bond acceptors (Lipinski definition) is 1. The molecule has 1 unspecified atom stereocenters. The minimum atomic E-state index is 0.460. The highest BCUT2D eigenvalue weighted by molar-refractivity contribution is 5.30. The van der Waals surface area contributed by atoms with E-state index in [1.807, 2.05) is 0 Å². The van der Waals surface area contributed by atoms with Crippen LogP contribution in [-0.2, 0) is 6.42 Å². The largest absolute Gasteiger partial charge is 0.313 e. The maximum Gasteiger partial charge on any atom is 0.0317 e. The van der Waals surface area contributed by atoms with Crippen LogP contribution in [-0.4, -0.2) is 7.05 Å². The van der Waals surface area contributed by atoms with Crippen LogP contribution in [0.4, 0.5) is 0 Å². The summed E-state index contributed by atoms with van der Waals surface area (Å²) in [6.45, 7) is 4.38. The van der Waals surface area contributed by atoms with Gasteiger partial charge in [0.25, 0.3) is 0 Å². The molecule has 0 saturated heterocycles. The van der Waals surface area contributed by atoms with Crippen LogP contribution in [0.5, 0.6) is 0 Å². The second kappa shape index (κ2) is 7.25. The van der Waals surface area contributed by atoms with Gasteiger partial charge in [0.2, 0.25) is 0 Å². The summed E-state index contributed by atoms with van der Waals surface area (Å²) in [7, 11) is 2.05. The summed E-state index contributed by atoms with van der Waals surface area (Å²) in [5.41, 5.74) is 5.65. The second-order valence-electron chi connectivity index (χ2n) is 5.57. The van der Waals surface area contributed by atoms with Gasteiger partial charge in [-0.15, -0.1) is 0 Å². The zero-order chi connectivity index (χ0) is 14.4. The van der Waals surface area contributed by atoms with Crippen molar-refractivity contribution in [2.75, 3.05) is 7.05 Å². The summed E-state index contributed by atoms with van der Waals surface area (Å²) < 4.78 is 0. The minimum Gasteiger partial charge on any atom is -0.313 e. The molecule has 20 heavy (non-hydrogen) atoms. The molecule has 1 N–H and O–H groups in total. The molecule has 1 heteroatoms. The van der Waals surface area contributed by atoms with E-state index in [2.05, 4.69) is 74.7 Å². The second-order valence-corrected chi connectivity index (χ2v) is 5.57. The fourth-order valence-corrected chi connectivity index (χ4v) is 2.73. The highest BCUT2D eigenvalue weighted by Crippen LogP contribution is 2.20. The van der Waals surface area contributed by atoms with Crippen LogP contribution in [0.3, 0.4) is 0 Å². The third-order valence-electron chi connectivity index (χ3n) is 3.99. The number of benzene rings is 2. The van der Waals surface area contributed by atoms with Crippen LogP contribution >= 0.6 is 0 Å². The lowest BCUT2D eigenvalue weighted by Crippen LogP contribution is -2.16. The van der Waals surface area contributed by atoms with E-state index in [-0.39, 0.29) is 0 Å². The average molecular weight is 267 g/mol. The number of aryl methyl sites for hydroxylation is 3. The lowest BCUT2D eigenvalue weighted by molar-refractivity contribution is 0.527. The monoisotopic (exact) mass is 267 g/mol. The van der Waals surface area contributed by atoms with Gasteiger partial charge in [-0.2, -0.15) is 0 Å². The quantitative estimate of drug-likeness (QED) is 0.807. The Kier molecular flexibility index (Phi) is 5.37. The van der Waals surface area contributed by atoms with E-state index in [0.717, 1.165) is 0 Å². The van der Waals surface area contributed by atoms with E-state index < -0.39 is 0 Å². The van der Waals surface area contributed by atoms with Crippen molar-refractivity contribution < 1.29 is 0 Å². The fraction of sp³-hybridized carbons (Fsp3) is 0.368. The molecule has 2 rings (SSSR count). The van der Waals surface area contributed by atoms with Crippen LogP contribution < -0.4 is 5.32 Å². The molecule has 0 bridgehead atoms. The molecule has 0 radical (unpaired) electrons. The maximum atomic E-state index is 3.43. The zero-order valence-electron chi connectivity index (χ0n) is 12.8. The molecule has 0 fully saturated rings. The topological polar surface area (TPSA) is 12.0 Å². The zero-order valence-corrected chi connectivity index (χ0v) is 12.8. The molecule has 0 saturated carbocycles. The molecule has 2 aromatic carbocycles. The fourth-order valence-electron chi connectivity index (χ4n) is 2.73. The average Bonchev–Trinajstić information content (AvgIpc) is 2.48. The SMILES string of the molecule is CNC(CCCc1cc(C)ccc1C)c1ccccc1. The van der Waals surface area contributed by atoms with Gasteiger partial charge in [0.15, 0.2) is 0 Å². The Morgan fingerprint density at radius 1 is 1.00 bits per heavy atom. The van der Waals surface area contributed by atoms with E-state index in [1.54, 1.807) is 0 Å². The van der Waals surface area contributed by atoms with Gasteiger partial charge in [0, 0.05) is 6.04 Å². The summed E-state index contributed by atoms with van der Waals surface area (Å²) in [5, 5.41) is 3.43. The Morgan fingerprint density at radius 2 is 1.75 bits per heavy atom. The first-order chi connectivity index (χ1) is 9.70. The number of nitrogens with one attached hydrogen (secondary N) is 1. The molecule has 0 heterocycles. The maximum absolute atomic E-state index is 3.43. The molecule has 106 valence electrons. The van der Waals surface area contributed by atoms with Gasteiger partial charge in [0.1, 0.15) is 0 Å². The van der Waals surface area contributed by atoms with Gasteiger partial charge >= 0.3 is 0 Å². The van der Waals surface area contributed by atoms with E-state index in [0.29, 0.717) is 6.04 Å². The number of hydrogen-bond donors (Lipinski definition) is 1. The van der Waals surface area contributed by atoms with Gasteiger partial charge in [0.05, 0.1) is 0 Å². The molecule has 0 aromatic heterocycles. The molecule has 0 amide bonds. The normalized spacial score (nSPS) is 12.3. The molecule has 1 atom stereocenters. The molecular weight excluding hydrogens is 242 g/mol. The van der Waals surface area contributed by atoms with Gasteiger partial charge in [-0.1, -0.05) is 54.1 Å². The lowest BCUT2D eigenvalue weighted by atomic mass is 9.96. The van der Waals surface area contributed by atoms with Crippen molar-refractivity contribution in [2.45, 2.75) is 39.2 Å². The summed E-state index contributed by atoms with van der Waals surface area (Å²) >= 11 is 0. The van der Waals surface area contributed by atoms with E-state index >= 15 is 0 Å². The Morgan fingerprint density at radius 3 is 2.45 bits per heavy atom. The van der Waals surface area contributed by atoms with Crippen molar-refractivity contribution in [3.05, 3.63) is 70.8 Å². The summed E-state index contributed by atoms with van der Waals surface area (Å²) in [6, 6.07) is 17.9. The van der Waals surface area contributed by atoms with Crippen molar-refractivity contribution in [1.29, 1.82) is 0 Å². The summed E-state index contributed by atoms with van der Waals surface area (Å²) in [6.07, 6.45) is 3.55. The van der Waals surface area contributed by atoms with Crippen LogP contribution in [0.1, 0.15) is 41.1 Å². The van der Waals surface area contributed by atoms with Crippen molar-refractivity contribution >= 4 is 0 Å². The van der Waals surface area contributed by atoms with Crippen molar-refractivity contribution in [1.82, 2.24) is 5.32 Å². The first kappa shape index (κ1) is 14.8. The van der Waals surface area contributed by atoms with Crippen LogP contribution in [0.2, 0.25) is 0 Å². The molecule has 0 aliphatic carbocycles. The Balaban J connectivity index is 1.93. The van der Waals surface area contributed by atoms with E-state index in [1.165, 1.54) is 41.5 Å². The minimum absolute atomic E-state index is 0.460. The Labute approximate surface area is 123 Å². The predicted molar refractivity (Wildman–Crippen MR) is 87.1 cm³/mol. The predicted octanol–water partition coefficient (Wildman–Crippen LogP) is 4.59. The molecule has 2 aromatic rings.